The molecule has 0 aromatic heterocycles. The van der Waals surface area contributed by atoms with Gasteiger partial charge in [-0.2, -0.15) is 0 Å². The number of aliphatic hydroxyl groups excluding tert-OH is 1. The van der Waals surface area contributed by atoms with Gasteiger partial charge in [0.15, 0.2) is 0 Å². The van der Waals surface area contributed by atoms with Gasteiger partial charge in [0.25, 0.3) is 0 Å². The Kier molecular flexibility index (Phi) is 41.0. The summed E-state index contributed by atoms with van der Waals surface area (Å²) in [6.45, 7) is 9.90. The van der Waals surface area contributed by atoms with Crippen LogP contribution in [-0.2, 0) is 28.6 Å². The number of nitrogens with zero attached hydrogens (tertiary/aromatic N) is 1. The number of hydrogen-bond acceptors (Lipinski definition) is 8. The van der Waals surface area contributed by atoms with Crippen LogP contribution >= 0.6 is 0 Å². The van der Waals surface area contributed by atoms with Crippen molar-refractivity contribution in [2.75, 3.05) is 32.9 Å². The lowest BCUT2D eigenvalue weighted by Crippen LogP contribution is -2.40. The zero-order valence-electron chi connectivity index (χ0n) is 40.7. The van der Waals surface area contributed by atoms with E-state index in [-0.39, 0.29) is 29.9 Å². The van der Waals surface area contributed by atoms with E-state index >= 15 is 0 Å². The molecule has 0 aromatic carbocycles. The molecule has 360 valence electrons. The molecule has 0 bridgehead atoms. The van der Waals surface area contributed by atoms with Gasteiger partial charge in [0.2, 0.25) is 0 Å². The first-order valence-electron chi connectivity index (χ1n) is 26.8. The lowest BCUT2D eigenvalue weighted by atomic mass is 9.91. The van der Waals surface area contributed by atoms with E-state index < -0.39 is 0 Å². The summed E-state index contributed by atoms with van der Waals surface area (Å²) in [5, 5.41) is 10.2. The smallest absolute Gasteiger partial charge is 0.305 e. The number of ether oxygens (including phenoxy) is 3. The molecule has 0 unspecified atom stereocenters. The minimum absolute atomic E-state index is 0.0181. The first kappa shape index (κ1) is 57.3. The fourth-order valence-electron chi connectivity index (χ4n) is 8.84. The molecule has 0 aromatic rings. The van der Waals surface area contributed by atoms with Crippen molar-refractivity contribution in [3.05, 3.63) is 0 Å². The monoisotopic (exact) mass is 864 g/mol. The molecule has 0 aliphatic heterocycles. The van der Waals surface area contributed by atoms with E-state index in [1.165, 1.54) is 109 Å². The Bertz CT molecular complexity index is 954. The Balaban J connectivity index is 2.32. The van der Waals surface area contributed by atoms with Gasteiger partial charge in [0.05, 0.1) is 25.9 Å². The maximum atomic E-state index is 12.5. The zero-order chi connectivity index (χ0) is 44.3. The van der Waals surface area contributed by atoms with Crippen molar-refractivity contribution < 1.29 is 33.7 Å². The molecule has 8 heteroatoms. The van der Waals surface area contributed by atoms with Crippen LogP contribution in [0.4, 0.5) is 0 Å². The molecule has 1 N–H and O–H groups in total. The van der Waals surface area contributed by atoms with E-state index in [4.69, 9.17) is 14.2 Å². The average Bonchev–Trinajstić information content (AvgIpc) is 3.26. The molecule has 1 fully saturated rings. The fourth-order valence-corrected chi connectivity index (χ4v) is 8.84. The molecular formula is C53H101NO7. The number of carbonyl (C=O) groups excluding carboxylic acids is 3. The Morgan fingerprint density at radius 2 is 0.787 bits per heavy atom. The van der Waals surface area contributed by atoms with Crippen LogP contribution in [-0.4, -0.2) is 73.0 Å². The van der Waals surface area contributed by atoms with Gasteiger partial charge in [0.1, 0.15) is 0 Å². The van der Waals surface area contributed by atoms with E-state index in [0.29, 0.717) is 45.1 Å². The maximum Gasteiger partial charge on any atom is 0.305 e. The van der Waals surface area contributed by atoms with Gasteiger partial charge in [-0.3, -0.25) is 14.4 Å². The Morgan fingerprint density at radius 1 is 0.443 bits per heavy atom. The van der Waals surface area contributed by atoms with Crippen molar-refractivity contribution in [3.8, 4) is 0 Å². The summed E-state index contributed by atoms with van der Waals surface area (Å²) < 4.78 is 17.0. The fraction of sp³-hybridized carbons (Fsp3) is 0.943. The number of carbonyl (C=O) groups is 3. The van der Waals surface area contributed by atoms with Gasteiger partial charge in [0, 0.05) is 31.2 Å². The van der Waals surface area contributed by atoms with Crippen molar-refractivity contribution in [2.45, 2.75) is 283 Å². The second kappa shape index (κ2) is 43.6. The number of aliphatic hydroxyl groups is 1. The maximum absolute atomic E-state index is 12.5. The highest BCUT2D eigenvalue weighted by atomic mass is 16.5. The average molecular weight is 864 g/mol. The zero-order valence-corrected chi connectivity index (χ0v) is 40.7. The number of esters is 3. The normalized spacial score (nSPS) is 15.4. The second-order valence-electron chi connectivity index (χ2n) is 18.9. The summed E-state index contributed by atoms with van der Waals surface area (Å²) in [5.41, 5.74) is 0. The third kappa shape index (κ3) is 37.4. The van der Waals surface area contributed by atoms with Crippen LogP contribution in [0.1, 0.15) is 271 Å². The first-order chi connectivity index (χ1) is 29.9. The van der Waals surface area contributed by atoms with Crippen LogP contribution in [0, 0.1) is 5.92 Å². The predicted octanol–water partition coefficient (Wildman–Crippen LogP) is 14.6. The van der Waals surface area contributed by atoms with E-state index in [9.17, 15) is 19.5 Å². The lowest BCUT2D eigenvalue weighted by Gasteiger charge is -2.36. The van der Waals surface area contributed by atoms with Gasteiger partial charge < -0.3 is 24.2 Å². The molecule has 1 aliphatic rings. The second-order valence-corrected chi connectivity index (χ2v) is 18.9. The van der Waals surface area contributed by atoms with E-state index in [1.54, 1.807) is 0 Å². The van der Waals surface area contributed by atoms with Gasteiger partial charge in [-0.05, 0) is 83.7 Å². The van der Waals surface area contributed by atoms with Crippen LogP contribution in [0.3, 0.4) is 0 Å². The van der Waals surface area contributed by atoms with Crippen LogP contribution in [0.25, 0.3) is 0 Å². The molecule has 1 saturated carbocycles. The SMILES string of the molecule is CCCCCCCCCCCCCCCCCC(=O)OCCCCCCN(CCCCC(COC(=O)CCCCCCC)COC(=O)CCCCCCC)C1CCC(O)CC1. The van der Waals surface area contributed by atoms with Crippen molar-refractivity contribution in [1.82, 2.24) is 4.90 Å². The molecule has 0 radical (unpaired) electrons. The molecule has 1 rings (SSSR count). The minimum atomic E-state index is -0.168. The molecule has 0 atom stereocenters. The third-order valence-electron chi connectivity index (χ3n) is 13.0. The summed E-state index contributed by atoms with van der Waals surface area (Å²) in [5.74, 6) is -0.287. The molecule has 1 aliphatic carbocycles. The molecule has 0 saturated heterocycles. The number of unbranched alkanes of at least 4 members (excludes halogenated alkanes) is 26. The highest BCUT2D eigenvalue weighted by molar-refractivity contribution is 5.70. The van der Waals surface area contributed by atoms with Crippen molar-refractivity contribution in [2.24, 2.45) is 5.92 Å². The Morgan fingerprint density at radius 3 is 1.21 bits per heavy atom. The van der Waals surface area contributed by atoms with Crippen molar-refractivity contribution in [1.29, 1.82) is 0 Å². The Labute approximate surface area is 377 Å². The van der Waals surface area contributed by atoms with Gasteiger partial charge in [-0.1, -0.05) is 181 Å². The van der Waals surface area contributed by atoms with Crippen LogP contribution < -0.4 is 0 Å². The molecule has 0 heterocycles. The number of hydrogen-bond donors (Lipinski definition) is 1. The van der Waals surface area contributed by atoms with Crippen molar-refractivity contribution >= 4 is 17.9 Å². The van der Waals surface area contributed by atoms with Crippen molar-refractivity contribution in [3.63, 3.8) is 0 Å². The highest BCUT2D eigenvalue weighted by Crippen LogP contribution is 2.25. The molecular weight excluding hydrogens is 763 g/mol. The van der Waals surface area contributed by atoms with E-state index in [2.05, 4.69) is 25.7 Å². The molecule has 61 heavy (non-hydrogen) atoms. The first-order valence-corrected chi connectivity index (χ1v) is 26.8. The molecule has 0 amide bonds. The number of rotatable bonds is 45. The van der Waals surface area contributed by atoms with E-state index in [1.807, 2.05) is 0 Å². The summed E-state index contributed by atoms with van der Waals surface area (Å²) in [6, 6.07) is 0.511. The highest BCUT2D eigenvalue weighted by Gasteiger charge is 2.24. The quantitative estimate of drug-likeness (QED) is 0.0367. The van der Waals surface area contributed by atoms with Gasteiger partial charge in [-0.25, -0.2) is 0 Å². The van der Waals surface area contributed by atoms with Crippen LogP contribution in [0.5, 0.6) is 0 Å². The Hall–Kier alpha value is -1.67. The standard InChI is InChI=1S/C53H101NO7/c1-4-7-10-13-14-15-16-17-18-19-20-21-22-25-30-36-51(56)59-45-34-27-26-32-43-54(49-39-41-50(55)42-40-49)44-33-31-35-48(46-60-52(57)37-28-23-11-8-5-2)47-61-53(58)38-29-24-12-9-6-3/h48-50,55H,4-47H2,1-3H3. The molecule has 0 spiro atoms. The largest absolute Gasteiger partial charge is 0.466 e. The molecule has 8 nitrogen and oxygen atoms in total. The lowest BCUT2D eigenvalue weighted by molar-refractivity contribution is -0.149. The van der Waals surface area contributed by atoms with Gasteiger partial charge in [-0.15, -0.1) is 0 Å². The predicted molar refractivity (Wildman–Crippen MR) is 255 cm³/mol. The summed E-state index contributed by atoms with van der Waals surface area (Å²) >= 11 is 0. The van der Waals surface area contributed by atoms with Gasteiger partial charge >= 0.3 is 17.9 Å². The van der Waals surface area contributed by atoms with Crippen LogP contribution in [0.15, 0.2) is 0 Å². The third-order valence-corrected chi connectivity index (χ3v) is 13.0. The topological polar surface area (TPSA) is 102 Å². The van der Waals surface area contributed by atoms with Crippen LogP contribution in [0.2, 0.25) is 0 Å². The summed E-state index contributed by atoms with van der Waals surface area (Å²) in [6.07, 6.45) is 43.2. The minimum Gasteiger partial charge on any atom is -0.466 e. The van der Waals surface area contributed by atoms with E-state index in [0.717, 1.165) is 135 Å². The summed E-state index contributed by atoms with van der Waals surface area (Å²) in [7, 11) is 0. The summed E-state index contributed by atoms with van der Waals surface area (Å²) in [4.78, 5) is 40.0.